The third-order valence-electron chi connectivity index (χ3n) is 6.07. The van der Waals surface area contributed by atoms with Gasteiger partial charge in [0.25, 0.3) is 0 Å². The molecule has 2 aromatic rings. The molecule has 0 aromatic heterocycles. The van der Waals surface area contributed by atoms with E-state index in [1.807, 2.05) is 0 Å². The lowest BCUT2D eigenvalue weighted by molar-refractivity contribution is 0.627. The van der Waals surface area contributed by atoms with Crippen LogP contribution >= 0.6 is 31.9 Å². The van der Waals surface area contributed by atoms with Crippen LogP contribution in [0.2, 0.25) is 0 Å². The molecule has 2 aliphatic carbocycles. The predicted molar refractivity (Wildman–Crippen MR) is 119 cm³/mol. The average Bonchev–Trinajstić information content (AvgIpc) is 2.61. The SMILES string of the molecule is Brc1cc2c3c(c1)CCCCCCc1cc(Br)cc(c1-3)CCCCCC2. The van der Waals surface area contributed by atoms with Gasteiger partial charge in [0.1, 0.15) is 0 Å². The van der Waals surface area contributed by atoms with Gasteiger partial charge in [-0.1, -0.05) is 57.5 Å². The van der Waals surface area contributed by atoms with Gasteiger partial charge in [0.15, 0.2) is 0 Å². The van der Waals surface area contributed by atoms with Gasteiger partial charge in [-0.15, -0.1) is 0 Å². The molecule has 2 aliphatic rings. The molecule has 0 fully saturated rings. The summed E-state index contributed by atoms with van der Waals surface area (Å²) in [6.07, 6.45) is 15.6. The third-order valence-corrected chi connectivity index (χ3v) is 6.98. The summed E-state index contributed by atoms with van der Waals surface area (Å²) < 4.78 is 2.53. The Morgan fingerprint density at radius 3 is 0.962 bits per heavy atom. The van der Waals surface area contributed by atoms with Crippen molar-refractivity contribution in [3.8, 4) is 11.1 Å². The summed E-state index contributed by atoms with van der Waals surface area (Å²) in [4.78, 5) is 0. The summed E-state index contributed by atoms with van der Waals surface area (Å²) in [5.74, 6) is 0. The van der Waals surface area contributed by atoms with Crippen molar-refractivity contribution >= 4 is 31.9 Å². The highest BCUT2D eigenvalue weighted by Gasteiger charge is 2.21. The van der Waals surface area contributed by atoms with Gasteiger partial charge in [0.2, 0.25) is 0 Å². The zero-order chi connectivity index (χ0) is 17.9. The van der Waals surface area contributed by atoms with E-state index in [1.165, 1.54) is 86.0 Å². The first-order valence-corrected chi connectivity index (χ1v) is 11.9. The minimum atomic E-state index is 1.22. The highest BCUT2D eigenvalue weighted by Crippen LogP contribution is 2.41. The molecule has 0 bridgehead atoms. The largest absolute Gasteiger partial charge is 0.0530 e. The highest BCUT2D eigenvalue weighted by molar-refractivity contribution is 9.10. The number of aryl methyl sites for hydroxylation is 4. The fraction of sp³-hybridized carbons (Fsp3) is 0.500. The number of rotatable bonds is 0. The Labute approximate surface area is 175 Å². The smallest absolute Gasteiger partial charge is 0.0181 e. The van der Waals surface area contributed by atoms with Crippen molar-refractivity contribution < 1.29 is 0 Å². The van der Waals surface area contributed by atoms with Crippen LogP contribution in [0, 0.1) is 0 Å². The summed E-state index contributed by atoms with van der Waals surface area (Å²) in [5.41, 5.74) is 9.47. The Hall–Kier alpha value is -0.600. The molecule has 2 aromatic carbocycles. The number of hydrogen-bond donors (Lipinski definition) is 0. The molecular formula is C24H28Br2. The van der Waals surface area contributed by atoms with Crippen molar-refractivity contribution in [3.05, 3.63) is 55.5 Å². The molecular weight excluding hydrogens is 448 g/mol. The summed E-state index contributed by atoms with van der Waals surface area (Å²) in [7, 11) is 0. The molecule has 0 heterocycles. The first-order chi connectivity index (χ1) is 12.7. The van der Waals surface area contributed by atoms with Crippen molar-refractivity contribution in [2.24, 2.45) is 0 Å². The molecule has 4 rings (SSSR count). The van der Waals surface area contributed by atoms with Gasteiger partial charge in [0, 0.05) is 8.95 Å². The summed E-state index contributed by atoms with van der Waals surface area (Å²) >= 11 is 7.61. The minimum absolute atomic E-state index is 1.22. The van der Waals surface area contributed by atoms with Crippen LogP contribution in [0.4, 0.5) is 0 Å². The second-order valence-electron chi connectivity index (χ2n) is 8.03. The van der Waals surface area contributed by atoms with Gasteiger partial charge < -0.3 is 0 Å². The second kappa shape index (κ2) is 8.61. The first-order valence-electron chi connectivity index (χ1n) is 10.4. The maximum Gasteiger partial charge on any atom is 0.0181 e. The van der Waals surface area contributed by atoms with E-state index in [1.54, 1.807) is 33.4 Å². The normalized spacial score (nSPS) is 18.1. The molecule has 0 amide bonds. The summed E-state index contributed by atoms with van der Waals surface area (Å²) in [6, 6.07) is 9.62. The quantitative estimate of drug-likeness (QED) is 0.360. The topological polar surface area (TPSA) is 0 Å². The Kier molecular flexibility index (Phi) is 6.21. The second-order valence-corrected chi connectivity index (χ2v) is 9.86. The van der Waals surface area contributed by atoms with Crippen molar-refractivity contribution in [2.75, 3.05) is 0 Å². The van der Waals surface area contributed by atoms with Crippen molar-refractivity contribution in [2.45, 2.75) is 77.0 Å². The first kappa shape index (κ1) is 18.7. The molecule has 0 atom stereocenters. The van der Waals surface area contributed by atoms with Crippen molar-refractivity contribution in [3.63, 3.8) is 0 Å². The van der Waals surface area contributed by atoms with Gasteiger partial charge in [-0.05, 0) is 109 Å². The summed E-state index contributed by atoms with van der Waals surface area (Å²) in [5, 5.41) is 0. The fourth-order valence-electron chi connectivity index (χ4n) is 4.85. The predicted octanol–water partition coefficient (Wildman–Crippen LogP) is 8.20. The Balaban J connectivity index is 2.00. The van der Waals surface area contributed by atoms with Crippen LogP contribution in [0.5, 0.6) is 0 Å². The summed E-state index contributed by atoms with van der Waals surface area (Å²) in [6.45, 7) is 0. The van der Waals surface area contributed by atoms with Crippen LogP contribution < -0.4 is 0 Å². The van der Waals surface area contributed by atoms with E-state index >= 15 is 0 Å². The molecule has 0 saturated heterocycles. The van der Waals surface area contributed by atoms with Gasteiger partial charge >= 0.3 is 0 Å². The molecule has 0 spiro atoms. The molecule has 0 radical (unpaired) electrons. The molecule has 0 nitrogen and oxygen atoms in total. The minimum Gasteiger partial charge on any atom is -0.0530 e. The fourth-order valence-corrected chi connectivity index (χ4v) is 5.96. The number of hydrogen-bond acceptors (Lipinski definition) is 0. The van der Waals surface area contributed by atoms with E-state index in [9.17, 15) is 0 Å². The molecule has 0 saturated carbocycles. The van der Waals surface area contributed by atoms with Crippen LogP contribution in [-0.2, 0) is 25.7 Å². The van der Waals surface area contributed by atoms with E-state index < -0.39 is 0 Å². The van der Waals surface area contributed by atoms with Crippen LogP contribution in [0.1, 0.15) is 73.6 Å². The van der Waals surface area contributed by atoms with E-state index in [0.717, 1.165) is 0 Å². The van der Waals surface area contributed by atoms with E-state index in [2.05, 4.69) is 56.1 Å². The molecule has 0 aliphatic heterocycles. The maximum absolute atomic E-state index is 3.81. The third kappa shape index (κ3) is 4.12. The lowest BCUT2D eigenvalue weighted by atomic mass is 9.81. The zero-order valence-corrected chi connectivity index (χ0v) is 18.7. The highest BCUT2D eigenvalue weighted by atomic mass is 79.9. The lowest BCUT2D eigenvalue weighted by Crippen LogP contribution is -2.07. The molecule has 0 N–H and O–H groups in total. The lowest BCUT2D eigenvalue weighted by Gasteiger charge is -2.25. The van der Waals surface area contributed by atoms with Crippen LogP contribution in [0.15, 0.2) is 33.2 Å². The van der Waals surface area contributed by atoms with Crippen molar-refractivity contribution in [1.82, 2.24) is 0 Å². The van der Waals surface area contributed by atoms with Gasteiger partial charge in [-0.3, -0.25) is 0 Å². The van der Waals surface area contributed by atoms with Gasteiger partial charge in [-0.2, -0.15) is 0 Å². The Morgan fingerprint density at radius 2 is 0.692 bits per heavy atom. The van der Waals surface area contributed by atoms with Crippen LogP contribution in [0.3, 0.4) is 0 Å². The van der Waals surface area contributed by atoms with Gasteiger partial charge in [-0.25, -0.2) is 0 Å². The van der Waals surface area contributed by atoms with E-state index in [4.69, 9.17) is 0 Å². The van der Waals surface area contributed by atoms with Crippen LogP contribution in [-0.4, -0.2) is 0 Å². The Bertz CT molecular complexity index is 665. The van der Waals surface area contributed by atoms with Gasteiger partial charge in [0.05, 0.1) is 0 Å². The Morgan fingerprint density at radius 1 is 0.423 bits per heavy atom. The average molecular weight is 476 g/mol. The maximum atomic E-state index is 3.81. The zero-order valence-electron chi connectivity index (χ0n) is 15.6. The monoisotopic (exact) mass is 474 g/mol. The van der Waals surface area contributed by atoms with E-state index in [0.29, 0.717) is 0 Å². The standard InChI is InChI=1S/C24H28Br2/c25-21-13-17-9-5-1-2-6-10-18-14-22(26)16-20-12-8-4-3-7-11-19(15-21)23(17)24(18)20/h13-16H,1-12H2. The van der Waals surface area contributed by atoms with Crippen LogP contribution in [0.25, 0.3) is 11.1 Å². The molecule has 2 heteroatoms. The molecule has 138 valence electrons. The molecule has 0 unspecified atom stereocenters. The van der Waals surface area contributed by atoms with Crippen molar-refractivity contribution in [1.29, 1.82) is 0 Å². The molecule has 26 heavy (non-hydrogen) atoms. The number of benzene rings is 2. The van der Waals surface area contributed by atoms with E-state index in [-0.39, 0.29) is 0 Å². The number of halogens is 2.